The maximum absolute atomic E-state index is 12.7. The Hall–Kier alpha value is -2.34. The summed E-state index contributed by atoms with van der Waals surface area (Å²) >= 11 is 1.40. The van der Waals surface area contributed by atoms with Gasteiger partial charge in [0.2, 0.25) is 0 Å². The van der Waals surface area contributed by atoms with Gasteiger partial charge in [-0.3, -0.25) is 4.79 Å². The molecule has 0 saturated carbocycles. The fourth-order valence-electron chi connectivity index (χ4n) is 2.40. The number of alkyl halides is 3. The molecule has 2 aromatic carbocycles. The molecule has 3 aromatic rings. The predicted molar refractivity (Wildman–Crippen MR) is 89.3 cm³/mol. The van der Waals surface area contributed by atoms with Crippen molar-refractivity contribution in [1.29, 1.82) is 0 Å². The summed E-state index contributed by atoms with van der Waals surface area (Å²) in [4.78, 5) is 12.7. The average Bonchev–Trinajstić information content (AvgIpc) is 2.98. The third-order valence-electron chi connectivity index (χ3n) is 3.60. The SMILES string of the molecule is O=C(NCCc1cccc(C(F)(F)F)c1)c1cc2ccccc2s1. The molecule has 0 aliphatic carbocycles. The van der Waals surface area contributed by atoms with E-state index in [1.165, 1.54) is 17.4 Å². The van der Waals surface area contributed by atoms with Gasteiger partial charge >= 0.3 is 6.18 Å². The van der Waals surface area contributed by atoms with E-state index < -0.39 is 11.7 Å². The van der Waals surface area contributed by atoms with Gasteiger partial charge in [0.1, 0.15) is 0 Å². The number of fused-ring (bicyclic) bond motifs is 1. The van der Waals surface area contributed by atoms with Crippen LogP contribution in [-0.2, 0) is 12.6 Å². The maximum atomic E-state index is 12.7. The van der Waals surface area contributed by atoms with Crippen LogP contribution >= 0.6 is 11.3 Å². The molecule has 0 atom stereocenters. The minimum absolute atomic E-state index is 0.205. The highest BCUT2D eigenvalue weighted by molar-refractivity contribution is 7.20. The minimum atomic E-state index is -4.35. The lowest BCUT2D eigenvalue weighted by molar-refractivity contribution is -0.137. The first-order valence-corrected chi connectivity index (χ1v) is 8.18. The number of nitrogens with one attached hydrogen (secondary N) is 1. The molecule has 2 nitrogen and oxygen atoms in total. The Bertz CT molecular complexity index is 837. The van der Waals surface area contributed by atoms with Gasteiger partial charge in [0.05, 0.1) is 10.4 Å². The lowest BCUT2D eigenvalue weighted by Gasteiger charge is -2.09. The summed E-state index contributed by atoms with van der Waals surface area (Å²) in [6.07, 6.45) is -4.00. The standard InChI is InChI=1S/C18H14F3NOS/c19-18(20,21)14-6-3-4-12(10-14)8-9-22-17(23)16-11-13-5-1-2-7-15(13)24-16/h1-7,10-11H,8-9H2,(H,22,23). The van der Waals surface area contributed by atoms with Gasteiger partial charge in [0.15, 0.2) is 0 Å². The molecule has 1 amide bonds. The van der Waals surface area contributed by atoms with Gasteiger partial charge in [-0.15, -0.1) is 11.3 Å². The van der Waals surface area contributed by atoms with Crippen LogP contribution < -0.4 is 5.32 Å². The second-order valence-corrected chi connectivity index (χ2v) is 6.44. The van der Waals surface area contributed by atoms with E-state index in [2.05, 4.69) is 5.32 Å². The summed E-state index contributed by atoms with van der Waals surface area (Å²) in [5.74, 6) is -0.205. The number of benzene rings is 2. The molecule has 24 heavy (non-hydrogen) atoms. The summed E-state index contributed by atoms with van der Waals surface area (Å²) in [6.45, 7) is 0.286. The molecule has 0 unspecified atom stereocenters. The molecule has 0 radical (unpaired) electrons. The highest BCUT2D eigenvalue weighted by Crippen LogP contribution is 2.29. The zero-order valence-corrected chi connectivity index (χ0v) is 13.4. The molecule has 0 fully saturated rings. The molecule has 124 valence electrons. The van der Waals surface area contributed by atoms with Gasteiger partial charge in [0.25, 0.3) is 5.91 Å². The Balaban J connectivity index is 1.61. The lowest BCUT2D eigenvalue weighted by atomic mass is 10.1. The maximum Gasteiger partial charge on any atom is 0.416 e. The van der Waals surface area contributed by atoms with Crippen LogP contribution in [0, 0.1) is 0 Å². The summed E-state index contributed by atoms with van der Waals surface area (Å²) < 4.78 is 39.0. The van der Waals surface area contributed by atoms with Gasteiger partial charge in [0, 0.05) is 11.2 Å². The number of hydrogen-bond donors (Lipinski definition) is 1. The molecule has 0 aliphatic heterocycles. The van der Waals surface area contributed by atoms with Crippen LogP contribution in [0.2, 0.25) is 0 Å². The minimum Gasteiger partial charge on any atom is -0.351 e. The van der Waals surface area contributed by atoms with Gasteiger partial charge < -0.3 is 5.32 Å². The van der Waals surface area contributed by atoms with Crippen LogP contribution in [-0.4, -0.2) is 12.5 Å². The quantitative estimate of drug-likeness (QED) is 0.714. The molecule has 0 saturated heterocycles. The number of amides is 1. The molecule has 0 bridgehead atoms. The molecule has 0 spiro atoms. The second kappa shape index (κ2) is 6.65. The van der Waals surface area contributed by atoms with Crippen LogP contribution in [0.1, 0.15) is 20.8 Å². The zero-order valence-electron chi connectivity index (χ0n) is 12.6. The number of carbonyl (C=O) groups is 1. The number of hydrogen-bond acceptors (Lipinski definition) is 2. The Kier molecular flexibility index (Phi) is 4.57. The highest BCUT2D eigenvalue weighted by Gasteiger charge is 2.30. The van der Waals surface area contributed by atoms with E-state index in [9.17, 15) is 18.0 Å². The summed E-state index contributed by atoms with van der Waals surface area (Å²) in [5, 5.41) is 3.76. The van der Waals surface area contributed by atoms with Gasteiger partial charge in [-0.05, 0) is 35.6 Å². The summed E-state index contributed by atoms with van der Waals surface area (Å²) in [5.41, 5.74) is -0.128. The second-order valence-electron chi connectivity index (χ2n) is 5.35. The third-order valence-corrected chi connectivity index (χ3v) is 4.72. The van der Waals surface area contributed by atoms with E-state index >= 15 is 0 Å². The van der Waals surface area contributed by atoms with Crippen molar-refractivity contribution in [2.45, 2.75) is 12.6 Å². The molecular formula is C18H14F3NOS. The number of carbonyl (C=O) groups excluding carboxylic acids is 1. The zero-order chi connectivity index (χ0) is 17.2. The van der Waals surface area contributed by atoms with Crippen molar-refractivity contribution in [3.8, 4) is 0 Å². The van der Waals surface area contributed by atoms with Gasteiger partial charge in [-0.2, -0.15) is 13.2 Å². The fourth-order valence-corrected chi connectivity index (χ4v) is 3.38. The first-order valence-electron chi connectivity index (χ1n) is 7.36. The Morgan fingerprint density at radius 3 is 2.58 bits per heavy atom. The normalized spacial score (nSPS) is 11.6. The van der Waals surface area contributed by atoms with E-state index in [0.717, 1.165) is 22.2 Å². The molecular weight excluding hydrogens is 335 g/mol. The van der Waals surface area contributed by atoms with Crippen LogP contribution in [0.25, 0.3) is 10.1 Å². The van der Waals surface area contributed by atoms with Gasteiger partial charge in [-0.25, -0.2) is 0 Å². The van der Waals surface area contributed by atoms with Crippen molar-refractivity contribution in [1.82, 2.24) is 5.32 Å². The largest absolute Gasteiger partial charge is 0.416 e. The van der Waals surface area contributed by atoms with E-state index in [0.29, 0.717) is 16.9 Å². The van der Waals surface area contributed by atoms with Crippen molar-refractivity contribution in [3.63, 3.8) is 0 Å². The molecule has 1 aromatic heterocycles. The van der Waals surface area contributed by atoms with Crippen LogP contribution in [0.4, 0.5) is 13.2 Å². The van der Waals surface area contributed by atoms with Crippen LogP contribution in [0.15, 0.2) is 54.6 Å². The van der Waals surface area contributed by atoms with Crippen molar-refractivity contribution < 1.29 is 18.0 Å². The first-order chi connectivity index (χ1) is 11.4. The van der Waals surface area contributed by atoms with Crippen LogP contribution in [0.5, 0.6) is 0 Å². The Morgan fingerprint density at radius 2 is 1.83 bits per heavy atom. The molecule has 1 heterocycles. The lowest BCUT2D eigenvalue weighted by Crippen LogP contribution is -2.24. The van der Waals surface area contributed by atoms with E-state index in [4.69, 9.17) is 0 Å². The smallest absolute Gasteiger partial charge is 0.351 e. The topological polar surface area (TPSA) is 29.1 Å². The Morgan fingerprint density at radius 1 is 1.04 bits per heavy atom. The van der Waals surface area contributed by atoms with Crippen LogP contribution in [0.3, 0.4) is 0 Å². The fraction of sp³-hybridized carbons (Fsp3) is 0.167. The number of rotatable bonds is 4. The van der Waals surface area contributed by atoms with E-state index in [1.807, 2.05) is 30.3 Å². The highest BCUT2D eigenvalue weighted by atomic mass is 32.1. The average molecular weight is 349 g/mol. The molecule has 6 heteroatoms. The van der Waals surface area contributed by atoms with E-state index in [1.54, 1.807) is 6.07 Å². The first kappa shape index (κ1) is 16.5. The monoisotopic (exact) mass is 349 g/mol. The van der Waals surface area contributed by atoms with Crippen molar-refractivity contribution in [2.75, 3.05) is 6.54 Å². The number of thiophene rings is 1. The predicted octanol–water partition coefficient (Wildman–Crippen LogP) is 4.89. The van der Waals surface area contributed by atoms with Crippen molar-refractivity contribution in [2.24, 2.45) is 0 Å². The molecule has 3 rings (SSSR count). The molecule has 1 N–H and O–H groups in total. The molecule has 0 aliphatic rings. The van der Waals surface area contributed by atoms with Gasteiger partial charge in [-0.1, -0.05) is 36.4 Å². The van der Waals surface area contributed by atoms with Crippen molar-refractivity contribution in [3.05, 3.63) is 70.6 Å². The number of halogens is 3. The third kappa shape index (κ3) is 3.76. The van der Waals surface area contributed by atoms with E-state index in [-0.39, 0.29) is 12.5 Å². The Labute approximate surface area is 140 Å². The summed E-state index contributed by atoms with van der Waals surface area (Å²) in [6, 6.07) is 14.7. The van der Waals surface area contributed by atoms with Crippen molar-refractivity contribution >= 4 is 27.3 Å². The summed E-state index contributed by atoms with van der Waals surface area (Å²) in [7, 11) is 0.